The zero-order chi connectivity index (χ0) is 18.2. The van der Waals surface area contributed by atoms with Crippen molar-refractivity contribution in [1.82, 2.24) is 10.2 Å². The first-order valence-electron chi connectivity index (χ1n) is 9.03. The fourth-order valence-corrected chi connectivity index (χ4v) is 2.98. The van der Waals surface area contributed by atoms with Gasteiger partial charge in [0, 0.05) is 19.2 Å². The molecular formula is C19H30N2O4. The van der Waals surface area contributed by atoms with Gasteiger partial charge in [0.05, 0.1) is 24.9 Å². The number of nitrogens with zero attached hydrogens (tertiary/aromatic N) is 1. The molecule has 6 heteroatoms. The number of β-amino-alcohol motifs (C(OH)–C–C–N with tert-alkyl or cyclic N) is 1. The molecule has 1 aliphatic rings. The maximum Gasteiger partial charge on any atom is 0.255 e. The summed E-state index contributed by atoms with van der Waals surface area (Å²) in [6, 6.07) is 5.12. The Morgan fingerprint density at radius 3 is 2.64 bits per heavy atom. The Bertz CT molecular complexity index is 556. The van der Waals surface area contributed by atoms with Crippen LogP contribution >= 0.6 is 0 Å². The van der Waals surface area contributed by atoms with Crippen LogP contribution in [0.15, 0.2) is 18.2 Å². The van der Waals surface area contributed by atoms with Gasteiger partial charge in [-0.15, -0.1) is 0 Å². The van der Waals surface area contributed by atoms with Crippen molar-refractivity contribution < 1.29 is 19.4 Å². The lowest BCUT2D eigenvalue weighted by Gasteiger charge is -2.28. The molecule has 1 aliphatic heterocycles. The van der Waals surface area contributed by atoms with E-state index in [0.717, 1.165) is 13.1 Å². The third kappa shape index (κ3) is 6.21. The number of aliphatic hydroxyl groups is 1. The molecule has 0 saturated carbocycles. The van der Waals surface area contributed by atoms with Gasteiger partial charge in [-0.25, -0.2) is 0 Å². The van der Waals surface area contributed by atoms with Crippen LogP contribution in [0.2, 0.25) is 0 Å². The monoisotopic (exact) mass is 350 g/mol. The average molecular weight is 350 g/mol. The number of carbonyl (C=O) groups is 1. The fraction of sp³-hybridized carbons (Fsp3) is 0.632. The Morgan fingerprint density at radius 1 is 1.28 bits per heavy atom. The number of methoxy groups -OCH3 is 1. The maximum absolute atomic E-state index is 12.5. The van der Waals surface area contributed by atoms with Crippen LogP contribution in [-0.2, 0) is 0 Å². The number of hydrogen-bond acceptors (Lipinski definition) is 5. The quantitative estimate of drug-likeness (QED) is 0.751. The van der Waals surface area contributed by atoms with E-state index >= 15 is 0 Å². The number of carbonyl (C=O) groups excluding carboxylic acids is 1. The van der Waals surface area contributed by atoms with Crippen molar-refractivity contribution in [2.45, 2.75) is 45.3 Å². The molecule has 0 spiro atoms. The summed E-state index contributed by atoms with van der Waals surface area (Å²) >= 11 is 0. The fourth-order valence-electron chi connectivity index (χ4n) is 2.98. The summed E-state index contributed by atoms with van der Waals surface area (Å²) in [7, 11) is 1.57. The van der Waals surface area contributed by atoms with E-state index in [0.29, 0.717) is 23.6 Å². The Morgan fingerprint density at radius 2 is 2.00 bits per heavy atom. The molecule has 0 aromatic heterocycles. The predicted molar refractivity (Wildman–Crippen MR) is 97.4 cm³/mol. The second-order valence-electron chi connectivity index (χ2n) is 6.75. The average Bonchev–Trinajstić information content (AvgIpc) is 2.60. The number of amides is 1. The molecule has 0 bridgehead atoms. The van der Waals surface area contributed by atoms with E-state index in [9.17, 15) is 9.90 Å². The van der Waals surface area contributed by atoms with Crippen LogP contribution in [0.1, 0.15) is 43.5 Å². The summed E-state index contributed by atoms with van der Waals surface area (Å²) in [6.07, 6.45) is 3.00. The molecule has 6 nitrogen and oxygen atoms in total. The lowest BCUT2D eigenvalue weighted by Crippen LogP contribution is -2.42. The second kappa shape index (κ2) is 9.63. The van der Waals surface area contributed by atoms with E-state index in [-0.39, 0.29) is 18.6 Å². The lowest BCUT2D eigenvalue weighted by atomic mass is 10.1. The summed E-state index contributed by atoms with van der Waals surface area (Å²) < 4.78 is 10.9. The standard InChI is InChI=1S/C19H30N2O4/c1-14(2)25-18-11-16(24-3)7-8-17(18)19(23)20-12-15(22)13-21-9-5-4-6-10-21/h7-8,11,14-15,22H,4-6,9-10,12-13H2,1-3H3,(H,20,23)/t15-/m1/s1. The number of hydrogen-bond donors (Lipinski definition) is 2. The van der Waals surface area contributed by atoms with Crippen LogP contribution < -0.4 is 14.8 Å². The van der Waals surface area contributed by atoms with Gasteiger partial charge in [-0.3, -0.25) is 4.79 Å². The van der Waals surface area contributed by atoms with Crippen molar-refractivity contribution in [2.24, 2.45) is 0 Å². The maximum atomic E-state index is 12.5. The van der Waals surface area contributed by atoms with Crippen molar-refractivity contribution in [3.63, 3.8) is 0 Å². The summed E-state index contributed by atoms with van der Waals surface area (Å²) in [4.78, 5) is 14.7. The zero-order valence-electron chi connectivity index (χ0n) is 15.5. The van der Waals surface area contributed by atoms with Gasteiger partial charge in [0.15, 0.2) is 0 Å². The van der Waals surface area contributed by atoms with Gasteiger partial charge in [-0.2, -0.15) is 0 Å². The van der Waals surface area contributed by atoms with Crippen molar-refractivity contribution in [3.8, 4) is 11.5 Å². The Hall–Kier alpha value is -1.79. The van der Waals surface area contributed by atoms with Gasteiger partial charge >= 0.3 is 0 Å². The van der Waals surface area contributed by atoms with E-state index in [1.165, 1.54) is 19.3 Å². The molecule has 1 saturated heterocycles. The molecule has 140 valence electrons. The normalized spacial score (nSPS) is 16.5. The molecule has 0 unspecified atom stereocenters. The number of benzene rings is 1. The van der Waals surface area contributed by atoms with E-state index in [1.54, 1.807) is 25.3 Å². The smallest absolute Gasteiger partial charge is 0.255 e. The third-order valence-corrected chi connectivity index (χ3v) is 4.21. The highest BCUT2D eigenvalue weighted by Gasteiger charge is 2.18. The van der Waals surface area contributed by atoms with Gasteiger partial charge in [0.2, 0.25) is 0 Å². The summed E-state index contributed by atoms with van der Waals surface area (Å²) in [5.74, 6) is 0.866. The number of aliphatic hydroxyl groups excluding tert-OH is 1. The van der Waals surface area contributed by atoms with Crippen molar-refractivity contribution in [2.75, 3.05) is 33.3 Å². The zero-order valence-corrected chi connectivity index (χ0v) is 15.5. The van der Waals surface area contributed by atoms with Crippen molar-refractivity contribution in [1.29, 1.82) is 0 Å². The van der Waals surface area contributed by atoms with E-state index < -0.39 is 6.10 Å². The number of rotatable bonds is 8. The van der Waals surface area contributed by atoms with Crippen LogP contribution in [0.25, 0.3) is 0 Å². The molecule has 0 aliphatic carbocycles. The summed E-state index contributed by atoms with van der Waals surface area (Å²) in [6.45, 7) is 6.68. The lowest BCUT2D eigenvalue weighted by molar-refractivity contribution is 0.0826. The molecule has 1 aromatic carbocycles. The molecule has 1 aromatic rings. The largest absolute Gasteiger partial charge is 0.497 e. The summed E-state index contributed by atoms with van der Waals surface area (Å²) in [5, 5.41) is 13.0. The van der Waals surface area contributed by atoms with Crippen LogP contribution in [0.5, 0.6) is 11.5 Å². The minimum Gasteiger partial charge on any atom is -0.497 e. The highest BCUT2D eigenvalue weighted by Crippen LogP contribution is 2.25. The first-order chi connectivity index (χ1) is 12.0. The molecule has 2 rings (SSSR count). The van der Waals surface area contributed by atoms with Gasteiger partial charge in [-0.05, 0) is 51.9 Å². The molecule has 1 amide bonds. The molecule has 2 N–H and O–H groups in total. The van der Waals surface area contributed by atoms with Gasteiger partial charge in [-0.1, -0.05) is 6.42 Å². The molecule has 25 heavy (non-hydrogen) atoms. The minimum atomic E-state index is -0.574. The molecule has 0 radical (unpaired) electrons. The van der Waals surface area contributed by atoms with Crippen LogP contribution in [-0.4, -0.2) is 61.4 Å². The van der Waals surface area contributed by atoms with E-state index in [1.807, 2.05) is 13.8 Å². The van der Waals surface area contributed by atoms with Crippen LogP contribution in [0.4, 0.5) is 0 Å². The number of likely N-dealkylation sites (tertiary alicyclic amines) is 1. The molecule has 1 atom stereocenters. The third-order valence-electron chi connectivity index (χ3n) is 4.21. The van der Waals surface area contributed by atoms with Gasteiger partial charge in [0.25, 0.3) is 5.91 Å². The molecular weight excluding hydrogens is 320 g/mol. The van der Waals surface area contributed by atoms with Gasteiger partial charge < -0.3 is 24.8 Å². The van der Waals surface area contributed by atoms with Crippen molar-refractivity contribution in [3.05, 3.63) is 23.8 Å². The minimum absolute atomic E-state index is 0.0525. The number of ether oxygens (including phenoxy) is 2. The summed E-state index contributed by atoms with van der Waals surface area (Å²) in [5.41, 5.74) is 0.444. The second-order valence-corrected chi connectivity index (χ2v) is 6.75. The van der Waals surface area contributed by atoms with Crippen LogP contribution in [0.3, 0.4) is 0 Å². The van der Waals surface area contributed by atoms with E-state index in [2.05, 4.69) is 10.2 Å². The molecule has 1 heterocycles. The predicted octanol–water partition coefficient (Wildman–Crippen LogP) is 2.06. The Kier molecular flexibility index (Phi) is 7.52. The number of nitrogens with one attached hydrogen (secondary N) is 1. The van der Waals surface area contributed by atoms with E-state index in [4.69, 9.17) is 9.47 Å². The topological polar surface area (TPSA) is 71.0 Å². The highest BCUT2D eigenvalue weighted by molar-refractivity contribution is 5.97. The van der Waals surface area contributed by atoms with Crippen LogP contribution in [0, 0.1) is 0 Å². The highest BCUT2D eigenvalue weighted by atomic mass is 16.5. The van der Waals surface area contributed by atoms with Gasteiger partial charge in [0.1, 0.15) is 11.5 Å². The Balaban J connectivity index is 1.92. The number of piperidine rings is 1. The Labute approximate surface area is 150 Å². The SMILES string of the molecule is COc1ccc(C(=O)NC[C@@H](O)CN2CCCCC2)c(OC(C)C)c1. The first-order valence-corrected chi connectivity index (χ1v) is 9.03. The van der Waals surface area contributed by atoms with Crippen molar-refractivity contribution >= 4 is 5.91 Å². The first kappa shape index (κ1) is 19.5. The molecule has 1 fully saturated rings.